The molecule has 0 saturated carbocycles. The van der Waals surface area contributed by atoms with Gasteiger partial charge in [0.1, 0.15) is 19.0 Å². The number of hydrogen-bond donors (Lipinski definition) is 2. The van der Waals surface area contributed by atoms with E-state index in [4.69, 9.17) is 13.9 Å². The summed E-state index contributed by atoms with van der Waals surface area (Å²) >= 11 is 0. The average molecular weight is 357 g/mol. The summed E-state index contributed by atoms with van der Waals surface area (Å²) in [6.45, 7) is 7.01. The SMILES string of the molecule is Cc1c(C(=O)Nc2ccc3c(c2)OCCO3)oc2c1[C@H](O)CC(C)(C)C2. The van der Waals surface area contributed by atoms with Crippen LogP contribution in [0, 0.1) is 12.3 Å². The summed E-state index contributed by atoms with van der Waals surface area (Å²) in [5.74, 6) is 1.91. The predicted octanol–water partition coefficient (Wildman–Crippen LogP) is 3.62. The zero-order valence-electron chi connectivity index (χ0n) is 15.2. The zero-order chi connectivity index (χ0) is 18.5. The molecule has 1 atom stereocenters. The van der Waals surface area contributed by atoms with Gasteiger partial charge >= 0.3 is 0 Å². The molecule has 2 N–H and O–H groups in total. The van der Waals surface area contributed by atoms with E-state index in [1.807, 2.05) is 6.92 Å². The third kappa shape index (κ3) is 2.94. The molecule has 1 aliphatic heterocycles. The van der Waals surface area contributed by atoms with Gasteiger partial charge in [-0.1, -0.05) is 13.8 Å². The van der Waals surface area contributed by atoms with Crippen molar-refractivity contribution in [1.29, 1.82) is 0 Å². The Bertz CT molecular complexity index is 867. The summed E-state index contributed by atoms with van der Waals surface area (Å²) in [5.41, 5.74) is 2.02. The minimum absolute atomic E-state index is 0.0553. The third-order valence-electron chi connectivity index (χ3n) is 4.99. The summed E-state index contributed by atoms with van der Waals surface area (Å²) in [4.78, 5) is 12.7. The van der Waals surface area contributed by atoms with Gasteiger partial charge in [0.2, 0.25) is 0 Å². The van der Waals surface area contributed by atoms with Crippen molar-refractivity contribution in [2.75, 3.05) is 18.5 Å². The molecule has 6 nitrogen and oxygen atoms in total. The Kier molecular flexibility index (Phi) is 3.95. The maximum Gasteiger partial charge on any atom is 0.291 e. The first-order valence-electron chi connectivity index (χ1n) is 8.85. The smallest absolute Gasteiger partial charge is 0.291 e. The molecule has 26 heavy (non-hydrogen) atoms. The summed E-state index contributed by atoms with van der Waals surface area (Å²) in [6, 6.07) is 5.28. The van der Waals surface area contributed by atoms with Crippen LogP contribution < -0.4 is 14.8 Å². The molecule has 0 bridgehead atoms. The number of furan rings is 1. The predicted molar refractivity (Wildman–Crippen MR) is 95.9 cm³/mol. The van der Waals surface area contributed by atoms with Crippen LogP contribution in [0.1, 0.15) is 53.8 Å². The van der Waals surface area contributed by atoms with Gasteiger partial charge in [-0.3, -0.25) is 4.79 Å². The van der Waals surface area contributed by atoms with E-state index in [1.165, 1.54) is 0 Å². The molecule has 1 aromatic heterocycles. The van der Waals surface area contributed by atoms with Gasteiger partial charge in [-0.2, -0.15) is 0 Å². The maximum absolute atomic E-state index is 12.7. The molecular weight excluding hydrogens is 334 g/mol. The number of hydrogen-bond acceptors (Lipinski definition) is 5. The van der Waals surface area contributed by atoms with Crippen LogP contribution in [0.5, 0.6) is 11.5 Å². The van der Waals surface area contributed by atoms with Crippen LogP contribution in [0.3, 0.4) is 0 Å². The van der Waals surface area contributed by atoms with Crippen molar-refractivity contribution in [2.45, 2.75) is 39.7 Å². The van der Waals surface area contributed by atoms with Crippen molar-refractivity contribution in [1.82, 2.24) is 0 Å². The first-order chi connectivity index (χ1) is 12.3. The van der Waals surface area contributed by atoms with E-state index < -0.39 is 6.10 Å². The first kappa shape index (κ1) is 17.0. The number of anilines is 1. The van der Waals surface area contributed by atoms with Gasteiger partial charge < -0.3 is 24.3 Å². The average Bonchev–Trinajstić information content (AvgIpc) is 2.90. The van der Waals surface area contributed by atoms with E-state index in [0.29, 0.717) is 54.6 Å². The van der Waals surface area contributed by atoms with Crippen LogP contribution in [-0.4, -0.2) is 24.2 Å². The van der Waals surface area contributed by atoms with Crippen LogP contribution >= 0.6 is 0 Å². The van der Waals surface area contributed by atoms with Crippen molar-refractivity contribution in [2.24, 2.45) is 5.41 Å². The van der Waals surface area contributed by atoms with Crippen LogP contribution in [-0.2, 0) is 6.42 Å². The van der Waals surface area contributed by atoms with Gasteiger partial charge in [0.15, 0.2) is 17.3 Å². The largest absolute Gasteiger partial charge is 0.486 e. The number of carbonyl (C=O) groups excluding carboxylic acids is 1. The number of aliphatic hydroxyl groups excluding tert-OH is 1. The zero-order valence-corrected chi connectivity index (χ0v) is 15.2. The monoisotopic (exact) mass is 357 g/mol. The van der Waals surface area contributed by atoms with Gasteiger partial charge in [-0.25, -0.2) is 0 Å². The Balaban J connectivity index is 1.60. The Hall–Kier alpha value is -2.47. The van der Waals surface area contributed by atoms with E-state index in [1.54, 1.807) is 18.2 Å². The number of fused-ring (bicyclic) bond motifs is 2. The number of carbonyl (C=O) groups is 1. The molecule has 2 heterocycles. The second kappa shape index (κ2) is 6.06. The molecule has 1 aliphatic carbocycles. The number of ether oxygens (including phenoxy) is 2. The number of amides is 1. The molecule has 0 saturated heterocycles. The topological polar surface area (TPSA) is 80.9 Å². The van der Waals surface area contributed by atoms with E-state index >= 15 is 0 Å². The van der Waals surface area contributed by atoms with Gasteiger partial charge in [0.05, 0.1) is 6.10 Å². The lowest BCUT2D eigenvalue weighted by Gasteiger charge is -2.31. The standard InChI is InChI=1S/C20H23NO5/c1-11-17-13(22)9-20(2,3)10-16(17)26-18(11)19(23)21-12-4-5-14-15(8-12)25-7-6-24-14/h4-5,8,13,22H,6-7,9-10H2,1-3H3,(H,21,23)/t13-/m1/s1. The van der Waals surface area contributed by atoms with Gasteiger partial charge in [-0.05, 0) is 30.9 Å². The van der Waals surface area contributed by atoms with E-state index in [0.717, 1.165) is 5.56 Å². The van der Waals surface area contributed by atoms with Gasteiger partial charge in [-0.15, -0.1) is 0 Å². The molecule has 4 rings (SSSR count). The summed E-state index contributed by atoms with van der Waals surface area (Å²) in [5, 5.41) is 13.3. The van der Waals surface area contributed by atoms with E-state index in [2.05, 4.69) is 19.2 Å². The molecule has 0 fully saturated rings. The van der Waals surface area contributed by atoms with Crippen molar-refractivity contribution in [3.63, 3.8) is 0 Å². The highest BCUT2D eigenvalue weighted by Gasteiger charge is 2.37. The molecule has 0 radical (unpaired) electrons. The lowest BCUT2D eigenvalue weighted by Crippen LogP contribution is -2.24. The highest BCUT2D eigenvalue weighted by molar-refractivity contribution is 6.03. The number of nitrogens with one attached hydrogen (secondary N) is 1. The normalized spacial score (nSPS) is 20.4. The fourth-order valence-electron chi connectivity index (χ4n) is 3.81. The summed E-state index contributed by atoms with van der Waals surface area (Å²) < 4.78 is 16.9. The maximum atomic E-state index is 12.7. The minimum Gasteiger partial charge on any atom is -0.486 e. The second-order valence-electron chi connectivity index (χ2n) is 7.77. The minimum atomic E-state index is -0.603. The molecule has 0 spiro atoms. The third-order valence-corrected chi connectivity index (χ3v) is 4.99. The Labute approximate surface area is 152 Å². The highest BCUT2D eigenvalue weighted by atomic mass is 16.6. The Morgan fingerprint density at radius 3 is 2.73 bits per heavy atom. The van der Waals surface area contributed by atoms with Crippen LogP contribution in [0.4, 0.5) is 5.69 Å². The highest BCUT2D eigenvalue weighted by Crippen LogP contribution is 2.44. The molecular formula is C20H23NO5. The lowest BCUT2D eigenvalue weighted by molar-refractivity contribution is 0.0910. The lowest BCUT2D eigenvalue weighted by atomic mass is 9.75. The van der Waals surface area contributed by atoms with Crippen molar-refractivity contribution < 1.29 is 23.8 Å². The van der Waals surface area contributed by atoms with Crippen LogP contribution in [0.15, 0.2) is 22.6 Å². The number of aliphatic hydroxyl groups is 1. The number of benzene rings is 1. The van der Waals surface area contributed by atoms with Crippen LogP contribution in [0.2, 0.25) is 0 Å². The molecule has 2 aromatic rings. The molecule has 1 aromatic carbocycles. The molecule has 138 valence electrons. The second-order valence-corrected chi connectivity index (χ2v) is 7.77. The van der Waals surface area contributed by atoms with E-state index in [-0.39, 0.29) is 17.1 Å². The first-order valence-corrected chi connectivity index (χ1v) is 8.85. The van der Waals surface area contributed by atoms with E-state index in [9.17, 15) is 9.90 Å². The van der Waals surface area contributed by atoms with Crippen molar-refractivity contribution in [3.05, 3.63) is 40.8 Å². The van der Waals surface area contributed by atoms with Gasteiger partial charge in [0, 0.05) is 29.3 Å². The fraction of sp³-hybridized carbons (Fsp3) is 0.450. The Morgan fingerprint density at radius 2 is 1.96 bits per heavy atom. The molecule has 1 amide bonds. The molecule has 2 aliphatic rings. The number of rotatable bonds is 2. The molecule has 6 heteroatoms. The van der Waals surface area contributed by atoms with Gasteiger partial charge in [0.25, 0.3) is 5.91 Å². The summed E-state index contributed by atoms with van der Waals surface area (Å²) in [6.07, 6.45) is 0.759. The Morgan fingerprint density at radius 1 is 1.23 bits per heavy atom. The van der Waals surface area contributed by atoms with Crippen LogP contribution in [0.25, 0.3) is 0 Å². The van der Waals surface area contributed by atoms with Crippen molar-refractivity contribution in [3.8, 4) is 11.5 Å². The molecule has 0 unspecified atom stereocenters. The fourth-order valence-corrected chi connectivity index (χ4v) is 3.81. The summed E-state index contributed by atoms with van der Waals surface area (Å²) in [7, 11) is 0. The van der Waals surface area contributed by atoms with Crippen molar-refractivity contribution >= 4 is 11.6 Å². The quantitative estimate of drug-likeness (QED) is 0.858.